The van der Waals surface area contributed by atoms with Crippen molar-refractivity contribution in [1.82, 2.24) is 24.6 Å². The Bertz CT molecular complexity index is 1360. The molecular weight excluding hydrogens is 502 g/mol. The highest BCUT2D eigenvalue weighted by atomic mass is 35.5. The van der Waals surface area contributed by atoms with Gasteiger partial charge in [-0.1, -0.05) is 17.7 Å². The van der Waals surface area contributed by atoms with E-state index in [0.29, 0.717) is 28.6 Å². The summed E-state index contributed by atoms with van der Waals surface area (Å²) in [5, 5.41) is 7.13. The molecule has 0 unspecified atom stereocenters. The molecule has 38 heavy (non-hydrogen) atoms. The highest BCUT2D eigenvalue weighted by Crippen LogP contribution is 2.32. The zero-order chi connectivity index (χ0) is 27.1. The monoisotopic (exact) mass is 535 g/mol. The fourth-order valence-electron chi connectivity index (χ4n) is 4.28. The first-order valence-electron chi connectivity index (χ1n) is 12.5. The summed E-state index contributed by atoms with van der Waals surface area (Å²) in [6, 6.07) is 11.5. The first kappa shape index (κ1) is 27.5. The summed E-state index contributed by atoms with van der Waals surface area (Å²) in [6.45, 7) is 3.68. The van der Waals surface area contributed by atoms with Gasteiger partial charge in [0.2, 0.25) is 0 Å². The number of ether oxygens (including phenoxy) is 1. The van der Waals surface area contributed by atoms with Crippen LogP contribution in [0.1, 0.15) is 15.9 Å². The lowest BCUT2D eigenvalue weighted by Gasteiger charge is -2.28. The van der Waals surface area contributed by atoms with Crippen LogP contribution in [0.25, 0.3) is 16.9 Å². The SMILES string of the molecule is CN(C)C.CNCc1c(-c2cnc3cc(Cl)ccn23)ccc(Nc2ccc(N3CCOCC3)cn2)c1C=O. The minimum absolute atomic E-state index is 0.517. The van der Waals surface area contributed by atoms with E-state index < -0.39 is 0 Å². The number of aromatic nitrogens is 3. The summed E-state index contributed by atoms with van der Waals surface area (Å²) in [4.78, 5) is 25.6. The van der Waals surface area contributed by atoms with Crippen LogP contribution in [-0.2, 0) is 11.3 Å². The van der Waals surface area contributed by atoms with Gasteiger partial charge >= 0.3 is 0 Å². The number of pyridine rings is 2. The summed E-state index contributed by atoms with van der Waals surface area (Å²) < 4.78 is 7.39. The van der Waals surface area contributed by atoms with E-state index in [2.05, 4.69) is 25.5 Å². The van der Waals surface area contributed by atoms with E-state index in [-0.39, 0.29) is 0 Å². The van der Waals surface area contributed by atoms with Gasteiger partial charge in [0, 0.05) is 48.0 Å². The molecule has 0 saturated carbocycles. The molecule has 4 aromatic rings. The second kappa shape index (κ2) is 12.8. The molecule has 1 aromatic carbocycles. The number of morpholine rings is 1. The Balaban J connectivity index is 0.000000786. The third kappa shape index (κ3) is 6.49. The van der Waals surface area contributed by atoms with Crippen LogP contribution in [0.2, 0.25) is 5.02 Å². The Morgan fingerprint density at radius 3 is 2.50 bits per heavy atom. The molecule has 0 radical (unpaired) electrons. The first-order valence-corrected chi connectivity index (χ1v) is 12.8. The molecule has 10 heteroatoms. The van der Waals surface area contributed by atoms with Crippen molar-refractivity contribution in [3.05, 3.63) is 71.1 Å². The van der Waals surface area contributed by atoms with Crippen molar-refractivity contribution in [3.8, 4) is 11.3 Å². The Kier molecular flexibility index (Phi) is 9.30. The number of hydrogen-bond donors (Lipinski definition) is 2. The number of rotatable bonds is 7. The average molecular weight is 536 g/mol. The number of benzene rings is 1. The van der Waals surface area contributed by atoms with Crippen LogP contribution in [0.5, 0.6) is 0 Å². The highest BCUT2D eigenvalue weighted by Gasteiger charge is 2.18. The Hall–Kier alpha value is -3.50. The standard InChI is InChI=1S/C25H25ClN6O2.C3H9N/c1-27-14-20-19(23-15-29-25-12-17(26)6-7-32(23)25)3-4-22(21(20)16-33)30-24-5-2-18(13-28-24)31-8-10-34-11-9-31;1-4(2)3/h2-7,12-13,15-16,27H,8-11,14H2,1H3,(H,28,30);1-3H3. The van der Waals surface area contributed by atoms with Gasteiger partial charge in [-0.25, -0.2) is 9.97 Å². The smallest absolute Gasteiger partial charge is 0.152 e. The van der Waals surface area contributed by atoms with Crippen molar-refractivity contribution in [3.63, 3.8) is 0 Å². The molecule has 1 fully saturated rings. The number of nitrogens with zero attached hydrogens (tertiary/aromatic N) is 5. The summed E-state index contributed by atoms with van der Waals surface area (Å²) in [5.41, 5.74) is 5.78. The van der Waals surface area contributed by atoms with Crippen molar-refractivity contribution in [1.29, 1.82) is 0 Å². The van der Waals surface area contributed by atoms with E-state index in [1.807, 2.05) is 86.3 Å². The van der Waals surface area contributed by atoms with E-state index in [1.165, 1.54) is 0 Å². The number of imidazole rings is 1. The molecule has 2 N–H and O–H groups in total. The Morgan fingerprint density at radius 1 is 1.08 bits per heavy atom. The largest absolute Gasteiger partial charge is 0.378 e. The summed E-state index contributed by atoms with van der Waals surface area (Å²) >= 11 is 6.12. The lowest BCUT2D eigenvalue weighted by Crippen LogP contribution is -2.36. The van der Waals surface area contributed by atoms with Crippen molar-refractivity contribution < 1.29 is 9.53 Å². The van der Waals surface area contributed by atoms with Crippen LogP contribution in [0, 0.1) is 0 Å². The molecule has 9 nitrogen and oxygen atoms in total. The van der Waals surface area contributed by atoms with Gasteiger partial charge in [0.15, 0.2) is 6.29 Å². The van der Waals surface area contributed by atoms with Gasteiger partial charge in [0.1, 0.15) is 11.5 Å². The van der Waals surface area contributed by atoms with Gasteiger partial charge in [-0.15, -0.1) is 0 Å². The topological polar surface area (TPSA) is 87.0 Å². The fourth-order valence-corrected chi connectivity index (χ4v) is 4.43. The molecule has 0 atom stereocenters. The molecule has 1 aliphatic heterocycles. The van der Waals surface area contributed by atoms with Crippen LogP contribution in [0.4, 0.5) is 17.2 Å². The van der Waals surface area contributed by atoms with Crippen LogP contribution < -0.4 is 15.5 Å². The predicted octanol–water partition coefficient (Wildman–Crippen LogP) is 4.34. The van der Waals surface area contributed by atoms with Crippen LogP contribution in [0.3, 0.4) is 0 Å². The number of hydrogen-bond acceptors (Lipinski definition) is 8. The minimum Gasteiger partial charge on any atom is -0.378 e. The number of fused-ring (bicyclic) bond motifs is 1. The zero-order valence-corrected chi connectivity index (χ0v) is 23.0. The lowest BCUT2D eigenvalue weighted by molar-refractivity contribution is 0.112. The molecule has 3 aromatic heterocycles. The second-order valence-corrected chi connectivity index (χ2v) is 9.82. The maximum Gasteiger partial charge on any atom is 0.152 e. The zero-order valence-electron chi connectivity index (χ0n) is 22.2. The van der Waals surface area contributed by atoms with E-state index in [9.17, 15) is 4.79 Å². The Labute approximate surface area is 228 Å². The summed E-state index contributed by atoms with van der Waals surface area (Å²) in [7, 11) is 7.86. The first-order chi connectivity index (χ1) is 18.4. The molecule has 5 rings (SSSR count). The minimum atomic E-state index is 0.517. The van der Waals surface area contributed by atoms with Gasteiger partial charge in [-0.2, -0.15) is 0 Å². The van der Waals surface area contributed by atoms with E-state index >= 15 is 0 Å². The molecular formula is C28H34ClN7O2. The normalized spacial score (nSPS) is 13.4. The molecule has 0 spiro atoms. The number of halogens is 1. The van der Waals surface area contributed by atoms with E-state index in [0.717, 1.165) is 60.7 Å². The van der Waals surface area contributed by atoms with E-state index in [1.54, 1.807) is 6.20 Å². The number of nitrogens with one attached hydrogen (secondary N) is 2. The summed E-state index contributed by atoms with van der Waals surface area (Å²) in [5.74, 6) is 0.674. The van der Waals surface area contributed by atoms with Gasteiger partial charge in [0.25, 0.3) is 0 Å². The van der Waals surface area contributed by atoms with Gasteiger partial charge in [-0.05, 0) is 58.0 Å². The van der Waals surface area contributed by atoms with E-state index in [4.69, 9.17) is 16.3 Å². The third-order valence-electron chi connectivity index (χ3n) is 5.97. The maximum absolute atomic E-state index is 12.3. The van der Waals surface area contributed by atoms with Crippen molar-refractivity contribution in [2.45, 2.75) is 6.54 Å². The number of carbonyl (C=O) groups is 1. The molecule has 0 bridgehead atoms. The quantitative estimate of drug-likeness (QED) is 0.338. The van der Waals surface area contributed by atoms with Crippen LogP contribution >= 0.6 is 11.6 Å². The average Bonchev–Trinajstić information content (AvgIpc) is 3.32. The molecule has 0 amide bonds. The van der Waals surface area contributed by atoms with Gasteiger partial charge in [-0.3, -0.25) is 9.20 Å². The van der Waals surface area contributed by atoms with Crippen LogP contribution in [-0.4, -0.2) is 80.0 Å². The fraction of sp³-hybridized carbons (Fsp3) is 0.321. The molecule has 4 heterocycles. The van der Waals surface area contributed by atoms with Crippen molar-refractivity contribution in [2.75, 3.05) is 64.7 Å². The van der Waals surface area contributed by atoms with Crippen molar-refractivity contribution >= 4 is 40.7 Å². The number of aldehydes is 1. The second-order valence-electron chi connectivity index (χ2n) is 9.39. The maximum atomic E-state index is 12.3. The Morgan fingerprint density at radius 2 is 1.84 bits per heavy atom. The number of anilines is 3. The van der Waals surface area contributed by atoms with Crippen LogP contribution in [0.15, 0.2) is 55.0 Å². The molecule has 1 aliphatic rings. The van der Waals surface area contributed by atoms with Gasteiger partial charge < -0.3 is 25.2 Å². The molecule has 0 aliphatic carbocycles. The molecule has 1 saturated heterocycles. The third-order valence-corrected chi connectivity index (χ3v) is 6.20. The van der Waals surface area contributed by atoms with Crippen molar-refractivity contribution in [2.24, 2.45) is 0 Å². The van der Waals surface area contributed by atoms with Gasteiger partial charge in [0.05, 0.1) is 42.7 Å². The molecule has 200 valence electrons. The predicted molar refractivity (Wildman–Crippen MR) is 154 cm³/mol. The highest BCUT2D eigenvalue weighted by molar-refractivity contribution is 6.30. The number of carbonyl (C=O) groups excluding carboxylic acids is 1. The summed E-state index contributed by atoms with van der Waals surface area (Å²) in [6.07, 6.45) is 6.42. The lowest BCUT2D eigenvalue weighted by atomic mass is 9.97.